The summed E-state index contributed by atoms with van der Waals surface area (Å²) in [6, 6.07) is 16.7. The van der Waals surface area contributed by atoms with Gasteiger partial charge in [-0.1, -0.05) is 28.4 Å². The molecule has 1 atom stereocenters. The summed E-state index contributed by atoms with van der Waals surface area (Å²) in [4.78, 5) is 19.3. The van der Waals surface area contributed by atoms with Crippen molar-refractivity contribution >= 4 is 38.4 Å². The molecule has 1 saturated heterocycles. The summed E-state index contributed by atoms with van der Waals surface area (Å²) in [5.41, 5.74) is 2.64. The molecule has 184 valence electrons. The van der Waals surface area contributed by atoms with Crippen molar-refractivity contribution in [3.05, 3.63) is 82.6 Å². The molecule has 0 saturated carbocycles. The number of aromatic nitrogens is 2. The molecule has 4 aromatic rings. The molecular formula is C27H26BrN5O3. The van der Waals surface area contributed by atoms with E-state index in [-0.39, 0.29) is 17.6 Å². The highest BCUT2D eigenvalue weighted by Crippen LogP contribution is 2.41. The first-order valence-electron chi connectivity index (χ1n) is 11.8. The van der Waals surface area contributed by atoms with Crippen molar-refractivity contribution in [2.24, 2.45) is 10.2 Å². The summed E-state index contributed by atoms with van der Waals surface area (Å²) in [6.45, 7) is 1.38. The maximum atomic E-state index is 12.6. The van der Waals surface area contributed by atoms with Gasteiger partial charge in [-0.15, -0.1) is 10.2 Å². The maximum Gasteiger partial charge on any atom is 0.295 e. The summed E-state index contributed by atoms with van der Waals surface area (Å²) in [5, 5.41) is 20.1. The normalized spacial score (nSPS) is 16.6. The summed E-state index contributed by atoms with van der Waals surface area (Å²) in [5.74, 6) is 0.127. The Balaban J connectivity index is 1.48. The number of piperidine rings is 1. The van der Waals surface area contributed by atoms with E-state index in [2.05, 4.69) is 42.1 Å². The predicted octanol–water partition coefficient (Wildman–Crippen LogP) is 6.62. The van der Waals surface area contributed by atoms with Gasteiger partial charge in [-0.05, 0) is 66.9 Å². The number of nitrogens with zero attached hydrogens (tertiary/aromatic N) is 5. The average molecular weight is 548 g/mol. The second-order valence-corrected chi connectivity index (χ2v) is 9.66. The third-order valence-electron chi connectivity index (χ3n) is 6.56. The molecule has 0 unspecified atom stereocenters. The maximum absolute atomic E-state index is 12.6. The molecule has 1 aliphatic heterocycles. The zero-order valence-electron chi connectivity index (χ0n) is 19.8. The smallest absolute Gasteiger partial charge is 0.295 e. The van der Waals surface area contributed by atoms with Crippen molar-refractivity contribution in [3.63, 3.8) is 0 Å². The van der Waals surface area contributed by atoms with E-state index in [0.29, 0.717) is 23.4 Å². The molecule has 3 heterocycles. The van der Waals surface area contributed by atoms with Gasteiger partial charge in [-0.3, -0.25) is 19.2 Å². The Bertz CT molecular complexity index is 1400. The van der Waals surface area contributed by atoms with E-state index < -0.39 is 5.91 Å². The monoisotopic (exact) mass is 547 g/mol. The van der Waals surface area contributed by atoms with E-state index in [0.717, 1.165) is 35.8 Å². The summed E-state index contributed by atoms with van der Waals surface area (Å²) < 4.78 is 7.82. The molecule has 2 aromatic carbocycles. The van der Waals surface area contributed by atoms with Gasteiger partial charge in [0.15, 0.2) is 5.69 Å². The van der Waals surface area contributed by atoms with Crippen molar-refractivity contribution in [2.45, 2.75) is 32.0 Å². The molecule has 0 radical (unpaired) electrons. The zero-order valence-corrected chi connectivity index (χ0v) is 21.4. The molecule has 36 heavy (non-hydrogen) atoms. The number of aromatic hydroxyl groups is 1. The zero-order chi connectivity index (χ0) is 25.1. The number of hydrogen-bond acceptors (Lipinski definition) is 6. The number of ether oxygens (including phenoxy) is 1. The van der Waals surface area contributed by atoms with Crippen LogP contribution in [-0.2, 0) is 6.67 Å². The fourth-order valence-corrected chi connectivity index (χ4v) is 5.08. The van der Waals surface area contributed by atoms with Crippen molar-refractivity contribution in [1.82, 2.24) is 14.5 Å². The Morgan fingerprint density at radius 3 is 2.78 bits per heavy atom. The minimum absolute atomic E-state index is 0.0232. The van der Waals surface area contributed by atoms with Crippen LogP contribution in [0.2, 0.25) is 0 Å². The third-order valence-corrected chi connectivity index (χ3v) is 7.05. The summed E-state index contributed by atoms with van der Waals surface area (Å²) in [6.07, 6.45) is 6.96. The van der Waals surface area contributed by atoms with Gasteiger partial charge < -0.3 is 9.84 Å². The number of amides is 1. The number of pyridine rings is 1. The van der Waals surface area contributed by atoms with Crippen LogP contribution in [0.5, 0.6) is 11.6 Å². The van der Waals surface area contributed by atoms with E-state index in [4.69, 9.17) is 4.74 Å². The number of fused-ring (bicyclic) bond motifs is 1. The first kappa shape index (κ1) is 24.1. The van der Waals surface area contributed by atoms with Gasteiger partial charge >= 0.3 is 0 Å². The van der Waals surface area contributed by atoms with Gasteiger partial charge in [0.1, 0.15) is 5.75 Å². The quantitative estimate of drug-likeness (QED) is 0.274. The average Bonchev–Trinajstić information content (AvgIpc) is 3.17. The molecule has 0 spiro atoms. The molecule has 1 fully saturated rings. The minimum atomic E-state index is -0.499. The van der Waals surface area contributed by atoms with E-state index in [1.165, 1.54) is 5.56 Å². The molecule has 2 aromatic heterocycles. The van der Waals surface area contributed by atoms with Crippen LogP contribution in [0.4, 0.5) is 5.69 Å². The molecule has 1 amide bonds. The number of benzene rings is 2. The van der Waals surface area contributed by atoms with E-state index in [9.17, 15) is 9.90 Å². The lowest BCUT2D eigenvalue weighted by molar-refractivity contribution is 0.0995. The summed E-state index contributed by atoms with van der Waals surface area (Å²) >= 11 is 3.51. The number of carbonyl (C=O) groups excluding carboxylic acids is 1. The molecule has 1 aliphatic rings. The summed E-state index contributed by atoms with van der Waals surface area (Å²) in [7, 11) is 1.57. The number of likely N-dealkylation sites (tertiary alicyclic amines) is 1. The van der Waals surface area contributed by atoms with Crippen molar-refractivity contribution in [1.29, 1.82) is 0 Å². The van der Waals surface area contributed by atoms with Gasteiger partial charge in [-0.25, -0.2) is 0 Å². The predicted molar refractivity (Wildman–Crippen MR) is 141 cm³/mol. The van der Waals surface area contributed by atoms with Crippen LogP contribution in [0.1, 0.15) is 41.2 Å². The Hall–Kier alpha value is -3.56. The number of rotatable bonds is 6. The van der Waals surface area contributed by atoms with E-state index in [1.54, 1.807) is 37.6 Å². The van der Waals surface area contributed by atoms with Gasteiger partial charge in [-0.2, -0.15) is 0 Å². The van der Waals surface area contributed by atoms with Gasteiger partial charge in [0.05, 0.1) is 19.3 Å². The lowest BCUT2D eigenvalue weighted by atomic mass is 9.97. The first-order valence-corrected chi connectivity index (χ1v) is 12.6. The van der Waals surface area contributed by atoms with Crippen molar-refractivity contribution in [3.8, 4) is 11.6 Å². The fraction of sp³-hybridized carbons (Fsp3) is 0.259. The van der Waals surface area contributed by atoms with Crippen LogP contribution < -0.4 is 4.74 Å². The topological polar surface area (TPSA) is 92.3 Å². The van der Waals surface area contributed by atoms with Crippen LogP contribution in [0.15, 0.2) is 81.7 Å². The lowest BCUT2D eigenvalue weighted by Gasteiger charge is -2.36. The van der Waals surface area contributed by atoms with Crippen molar-refractivity contribution < 1.29 is 14.6 Å². The highest BCUT2D eigenvalue weighted by molar-refractivity contribution is 9.10. The number of methoxy groups -OCH3 is 1. The molecule has 5 rings (SSSR count). The number of carbonyl (C=O) groups is 1. The molecule has 0 bridgehead atoms. The van der Waals surface area contributed by atoms with Gasteiger partial charge in [0, 0.05) is 40.4 Å². The largest absolute Gasteiger partial charge is 0.497 e. The van der Waals surface area contributed by atoms with E-state index in [1.807, 2.05) is 35.0 Å². The van der Waals surface area contributed by atoms with E-state index >= 15 is 0 Å². The Kier molecular flexibility index (Phi) is 7.11. The highest BCUT2D eigenvalue weighted by Gasteiger charge is 2.27. The lowest BCUT2D eigenvalue weighted by Crippen LogP contribution is -2.34. The second-order valence-electron chi connectivity index (χ2n) is 8.75. The third kappa shape index (κ3) is 4.89. The molecule has 8 nitrogen and oxygen atoms in total. The number of halogens is 1. The molecular weight excluding hydrogens is 522 g/mol. The van der Waals surface area contributed by atoms with Crippen LogP contribution in [-0.4, -0.2) is 39.1 Å². The standard InChI is InChI=1S/C27H26BrN5O3/c1-36-21-10-7-18(8-11-21)26(34)31-30-25-22-15-20(28)9-12-24(22)33(27(25)35)17-32-14-3-2-6-23(32)19-5-4-13-29-16-19/h4-5,7-13,15-16,23,35H,2-3,6,14,17H2,1H3/t23-/m1/s1. The fourth-order valence-electron chi connectivity index (χ4n) is 4.72. The van der Waals surface area contributed by atoms with Gasteiger partial charge in [0.2, 0.25) is 5.88 Å². The SMILES string of the molecule is COc1ccc(C(=O)N=Nc2c(O)n(CN3CCCC[C@@H]3c3cccnc3)c3ccc(Br)cc23)cc1. The van der Waals surface area contributed by atoms with Crippen LogP contribution in [0.3, 0.4) is 0 Å². The highest BCUT2D eigenvalue weighted by atomic mass is 79.9. The first-order chi connectivity index (χ1) is 17.5. The molecule has 1 N–H and O–H groups in total. The van der Waals surface area contributed by atoms with Crippen LogP contribution in [0.25, 0.3) is 10.9 Å². The Morgan fingerprint density at radius 1 is 1.19 bits per heavy atom. The number of hydrogen-bond donors (Lipinski definition) is 1. The Morgan fingerprint density at radius 2 is 2.03 bits per heavy atom. The molecule has 0 aliphatic carbocycles. The van der Waals surface area contributed by atoms with Crippen LogP contribution in [0, 0.1) is 0 Å². The van der Waals surface area contributed by atoms with Crippen molar-refractivity contribution in [2.75, 3.05) is 13.7 Å². The van der Waals surface area contributed by atoms with Gasteiger partial charge in [0.25, 0.3) is 5.91 Å². The number of azo groups is 1. The van der Waals surface area contributed by atoms with Crippen LogP contribution >= 0.6 is 15.9 Å². The Labute approximate surface area is 217 Å². The second kappa shape index (κ2) is 10.6. The minimum Gasteiger partial charge on any atom is -0.497 e. The molecule has 9 heteroatoms.